The summed E-state index contributed by atoms with van der Waals surface area (Å²) in [5.74, 6) is 0.693. The smallest absolute Gasteiger partial charge is 0.160 e. The van der Waals surface area contributed by atoms with Crippen molar-refractivity contribution >= 4 is 27.9 Å². The van der Waals surface area contributed by atoms with Crippen LogP contribution >= 0.6 is 0 Å². The molecule has 7 rings (SSSR count). The van der Waals surface area contributed by atoms with Crippen LogP contribution in [-0.4, -0.2) is 14.5 Å². The maximum absolute atomic E-state index is 5.07. The van der Waals surface area contributed by atoms with Crippen molar-refractivity contribution in [3.8, 4) is 39.6 Å². The first-order valence-corrected chi connectivity index (χ1v) is 13.0. The minimum absolute atomic E-state index is 0.693. The summed E-state index contributed by atoms with van der Waals surface area (Å²) in [6.07, 6.45) is 1.86. The third kappa shape index (κ3) is 4.11. The van der Waals surface area contributed by atoms with Crippen LogP contribution in [0.2, 0.25) is 0 Å². The first-order chi connectivity index (χ1) is 19.3. The molecule has 5 aromatic carbocycles. The van der Waals surface area contributed by atoms with E-state index in [1.54, 1.807) is 0 Å². The summed E-state index contributed by atoms with van der Waals surface area (Å²) in [5, 5.41) is 2.48. The Morgan fingerprint density at radius 2 is 1.10 bits per heavy atom. The number of fused-ring (bicyclic) bond motifs is 3. The first kappa shape index (κ1) is 22.9. The molecule has 0 N–H and O–H groups in total. The lowest BCUT2D eigenvalue weighted by molar-refractivity contribution is 1.16. The summed E-state index contributed by atoms with van der Waals surface area (Å²) in [6, 6.07) is 46.3. The Morgan fingerprint density at radius 3 is 1.82 bits per heavy atom. The van der Waals surface area contributed by atoms with Crippen molar-refractivity contribution in [2.75, 3.05) is 0 Å². The zero-order valence-electron chi connectivity index (χ0n) is 21.3. The predicted molar refractivity (Wildman–Crippen MR) is 163 cm³/mol. The SMILES string of the molecule is C=Cc1cccc(-c2cc(-c3ccccc3)nc(-c3cccc(-n4c5ccccc5c5ccccc54)c3)n2)c1. The second-order valence-electron chi connectivity index (χ2n) is 9.58. The maximum Gasteiger partial charge on any atom is 0.160 e. The molecule has 0 saturated carbocycles. The monoisotopic (exact) mass is 499 g/mol. The zero-order valence-corrected chi connectivity index (χ0v) is 21.3. The fourth-order valence-corrected chi connectivity index (χ4v) is 5.29. The van der Waals surface area contributed by atoms with Crippen LogP contribution in [0.5, 0.6) is 0 Å². The van der Waals surface area contributed by atoms with Crippen molar-refractivity contribution in [3.63, 3.8) is 0 Å². The number of rotatable bonds is 5. The van der Waals surface area contributed by atoms with Crippen molar-refractivity contribution in [2.45, 2.75) is 0 Å². The molecule has 3 heteroatoms. The predicted octanol–water partition coefficient (Wildman–Crippen LogP) is 9.22. The molecule has 0 saturated heterocycles. The summed E-state index contributed by atoms with van der Waals surface area (Å²) in [5.41, 5.74) is 9.32. The number of nitrogens with zero attached hydrogens (tertiary/aromatic N) is 3. The highest BCUT2D eigenvalue weighted by Gasteiger charge is 2.14. The quantitative estimate of drug-likeness (QED) is 0.236. The van der Waals surface area contributed by atoms with Gasteiger partial charge in [0.15, 0.2) is 5.82 Å². The van der Waals surface area contributed by atoms with Crippen molar-refractivity contribution in [3.05, 3.63) is 146 Å². The van der Waals surface area contributed by atoms with Gasteiger partial charge in [-0.15, -0.1) is 0 Å². The van der Waals surface area contributed by atoms with Gasteiger partial charge < -0.3 is 4.57 Å². The Morgan fingerprint density at radius 1 is 0.513 bits per heavy atom. The highest BCUT2D eigenvalue weighted by Crippen LogP contribution is 2.34. The summed E-state index contributed by atoms with van der Waals surface area (Å²) >= 11 is 0. The Labute approximate surface area is 227 Å². The number of hydrogen-bond acceptors (Lipinski definition) is 2. The van der Waals surface area contributed by atoms with Crippen LogP contribution in [-0.2, 0) is 0 Å². The number of hydrogen-bond donors (Lipinski definition) is 0. The molecule has 184 valence electrons. The maximum atomic E-state index is 5.07. The average Bonchev–Trinajstić information content (AvgIpc) is 3.36. The molecule has 7 aromatic rings. The highest BCUT2D eigenvalue weighted by molar-refractivity contribution is 6.09. The Balaban J connectivity index is 1.43. The van der Waals surface area contributed by atoms with E-state index in [-0.39, 0.29) is 0 Å². The molecule has 0 aliphatic rings. The number of para-hydroxylation sites is 2. The summed E-state index contributed by atoms with van der Waals surface area (Å²) in [4.78, 5) is 10.1. The van der Waals surface area contributed by atoms with Gasteiger partial charge in [0.2, 0.25) is 0 Å². The minimum Gasteiger partial charge on any atom is -0.309 e. The molecule has 0 spiro atoms. The molecule has 2 heterocycles. The standard InChI is InChI=1S/C36H25N3/c1-2-25-12-10-15-27(22-25)33-24-32(26-13-4-3-5-14-26)37-36(38-33)28-16-11-17-29(23-28)39-34-20-8-6-18-30(34)31-19-7-9-21-35(31)39/h2-24H,1H2. The first-order valence-electron chi connectivity index (χ1n) is 13.0. The molecule has 0 unspecified atom stereocenters. The van der Waals surface area contributed by atoms with Crippen LogP contribution in [0.4, 0.5) is 0 Å². The van der Waals surface area contributed by atoms with Gasteiger partial charge in [0.1, 0.15) is 0 Å². The van der Waals surface area contributed by atoms with Gasteiger partial charge in [0.25, 0.3) is 0 Å². The van der Waals surface area contributed by atoms with Crippen LogP contribution in [0.25, 0.3) is 67.5 Å². The molecule has 0 fully saturated rings. The normalized spacial score (nSPS) is 11.2. The van der Waals surface area contributed by atoms with Gasteiger partial charge >= 0.3 is 0 Å². The van der Waals surface area contributed by atoms with Gasteiger partial charge in [-0.3, -0.25) is 0 Å². The molecule has 0 amide bonds. The summed E-state index contributed by atoms with van der Waals surface area (Å²) in [7, 11) is 0. The molecule has 0 bridgehead atoms. The van der Waals surface area contributed by atoms with Crippen LogP contribution in [0.3, 0.4) is 0 Å². The average molecular weight is 500 g/mol. The highest BCUT2D eigenvalue weighted by atomic mass is 15.0. The van der Waals surface area contributed by atoms with E-state index in [1.165, 1.54) is 21.8 Å². The second kappa shape index (κ2) is 9.55. The molecule has 2 aromatic heterocycles. The fourth-order valence-electron chi connectivity index (χ4n) is 5.29. The van der Waals surface area contributed by atoms with Gasteiger partial charge in [-0.05, 0) is 42.0 Å². The lowest BCUT2D eigenvalue weighted by Gasteiger charge is -2.12. The molecule has 39 heavy (non-hydrogen) atoms. The number of aromatic nitrogens is 3. The molecular formula is C36H25N3. The van der Waals surface area contributed by atoms with Crippen LogP contribution < -0.4 is 0 Å². The van der Waals surface area contributed by atoms with Crippen molar-refractivity contribution in [1.29, 1.82) is 0 Å². The molecule has 0 radical (unpaired) electrons. The van der Waals surface area contributed by atoms with Gasteiger partial charge in [0, 0.05) is 33.2 Å². The van der Waals surface area contributed by atoms with E-state index in [0.717, 1.165) is 39.3 Å². The largest absolute Gasteiger partial charge is 0.309 e. The van der Waals surface area contributed by atoms with E-state index in [0.29, 0.717) is 5.82 Å². The van der Waals surface area contributed by atoms with E-state index in [1.807, 2.05) is 36.4 Å². The second-order valence-corrected chi connectivity index (χ2v) is 9.58. The Hall–Kier alpha value is -5.28. The van der Waals surface area contributed by atoms with Crippen LogP contribution in [0.15, 0.2) is 140 Å². The topological polar surface area (TPSA) is 30.7 Å². The summed E-state index contributed by atoms with van der Waals surface area (Å²) < 4.78 is 2.32. The van der Waals surface area contributed by atoms with Crippen molar-refractivity contribution in [1.82, 2.24) is 14.5 Å². The van der Waals surface area contributed by atoms with Gasteiger partial charge in [-0.25, -0.2) is 9.97 Å². The van der Waals surface area contributed by atoms with Crippen LogP contribution in [0, 0.1) is 0 Å². The molecule has 3 nitrogen and oxygen atoms in total. The van der Waals surface area contributed by atoms with Crippen LogP contribution in [0.1, 0.15) is 5.56 Å². The molecule has 0 aliphatic carbocycles. The van der Waals surface area contributed by atoms with Gasteiger partial charge in [-0.1, -0.05) is 110 Å². The lowest BCUT2D eigenvalue weighted by atomic mass is 10.0. The summed E-state index contributed by atoms with van der Waals surface area (Å²) in [6.45, 7) is 3.94. The number of benzene rings is 5. The van der Waals surface area contributed by atoms with E-state index < -0.39 is 0 Å². The van der Waals surface area contributed by atoms with Crippen molar-refractivity contribution in [2.24, 2.45) is 0 Å². The van der Waals surface area contributed by atoms with E-state index in [2.05, 4.69) is 114 Å². The van der Waals surface area contributed by atoms with E-state index in [9.17, 15) is 0 Å². The molecule has 0 aliphatic heterocycles. The Bertz CT molecular complexity index is 1930. The Kier molecular flexibility index (Phi) is 5.60. The zero-order chi connectivity index (χ0) is 26.2. The van der Waals surface area contributed by atoms with Crippen molar-refractivity contribution < 1.29 is 0 Å². The molecular weight excluding hydrogens is 474 g/mol. The van der Waals surface area contributed by atoms with Gasteiger partial charge in [0.05, 0.1) is 22.4 Å². The molecule has 0 atom stereocenters. The third-order valence-electron chi connectivity index (χ3n) is 7.16. The lowest BCUT2D eigenvalue weighted by Crippen LogP contribution is -1.98. The fraction of sp³-hybridized carbons (Fsp3) is 0. The van der Waals surface area contributed by atoms with Gasteiger partial charge in [-0.2, -0.15) is 0 Å². The minimum atomic E-state index is 0.693. The van der Waals surface area contributed by atoms with E-state index >= 15 is 0 Å². The van der Waals surface area contributed by atoms with E-state index in [4.69, 9.17) is 9.97 Å². The third-order valence-corrected chi connectivity index (χ3v) is 7.16.